The Balaban J connectivity index is 2.51. The fourth-order valence-corrected chi connectivity index (χ4v) is 2.11. The van der Waals surface area contributed by atoms with Gasteiger partial charge in [-0.1, -0.05) is 22.9 Å². The summed E-state index contributed by atoms with van der Waals surface area (Å²) in [6.07, 6.45) is 9.08. The van der Waals surface area contributed by atoms with Crippen molar-refractivity contribution in [3.63, 3.8) is 0 Å². The fraction of sp³-hybridized carbons (Fsp3) is 0.400. The molecule has 1 amide bonds. The number of benzene rings is 1. The molecule has 2 nitrogen and oxygen atoms in total. The van der Waals surface area contributed by atoms with Crippen molar-refractivity contribution in [1.29, 1.82) is 0 Å². The maximum atomic E-state index is 11.8. The average Bonchev–Trinajstić information content (AvgIpc) is 2.37. The van der Waals surface area contributed by atoms with E-state index in [9.17, 15) is 4.79 Å². The van der Waals surface area contributed by atoms with E-state index in [1.54, 1.807) is 0 Å². The number of hydrogen-bond acceptors (Lipinski definition) is 1. The first-order valence-corrected chi connectivity index (χ1v) is 6.98. The van der Waals surface area contributed by atoms with Crippen molar-refractivity contribution in [2.75, 3.05) is 5.32 Å². The van der Waals surface area contributed by atoms with Crippen molar-refractivity contribution >= 4 is 27.5 Å². The molecular formula is C15H18BrNO. The standard InChI is InChI=1S/C15H18BrNO/c1-3-5-6-7-8-15(18)17-14-10-9-13(16)11-12(14)4-2/h1,9-11H,4-8H2,2H3,(H,17,18). The molecule has 18 heavy (non-hydrogen) atoms. The van der Waals surface area contributed by atoms with Crippen LogP contribution >= 0.6 is 15.9 Å². The van der Waals surface area contributed by atoms with Gasteiger partial charge in [0.1, 0.15) is 0 Å². The summed E-state index contributed by atoms with van der Waals surface area (Å²) in [6, 6.07) is 5.91. The molecule has 1 aromatic carbocycles. The summed E-state index contributed by atoms with van der Waals surface area (Å²) in [5.74, 6) is 2.64. The molecule has 0 fully saturated rings. The molecule has 0 aromatic heterocycles. The van der Waals surface area contributed by atoms with Gasteiger partial charge in [0, 0.05) is 23.0 Å². The number of halogens is 1. The van der Waals surface area contributed by atoms with Gasteiger partial charge < -0.3 is 5.32 Å². The molecule has 1 aromatic rings. The second-order valence-electron chi connectivity index (χ2n) is 4.11. The SMILES string of the molecule is C#CCCCCC(=O)Nc1ccc(Br)cc1CC. The van der Waals surface area contributed by atoms with Crippen molar-refractivity contribution in [3.8, 4) is 12.3 Å². The van der Waals surface area contributed by atoms with Crippen LogP contribution in [0.15, 0.2) is 22.7 Å². The van der Waals surface area contributed by atoms with Crippen molar-refractivity contribution < 1.29 is 4.79 Å². The van der Waals surface area contributed by atoms with Crippen molar-refractivity contribution in [2.24, 2.45) is 0 Å². The monoisotopic (exact) mass is 307 g/mol. The van der Waals surface area contributed by atoms with E-state index in [1.165, 1.54) is 0 Å². The number of hydrogen-bond donors (Lipinski definition) is 1. The Bertz CT molecular complexity index is 448. The van der Waals surface area contributed by atoms with Crippen molar-refractivity contribution in [1.82, 2.24) is 0 Å². The predicted molar refractivity (Wildman–Crippen MR) is 79.5 cm³/mol. The first-order valence-electron chi connectivity index (χ1n) is 6.19. The molecule has 96 valence electrons. The van der Waals surface area contributed by atoms with Crippen LogP contribution in [0.5, 0.6) is 0 Å². The Morgan fingerprint density at radius 1 is 1.44 bits per heavy atom. The molecule has 1 rings (SSSR count). The Morgan fingerprint density at radius 3 is 2.89 bits per heavy atom. The molecule has 0 spiro atoms. The van der Waals surface area contributed by atoms with Gasteiger partial charge in [-0.3, -0.25) is 4.79 Å². The Hall–Kier alpha value is -1.27. The van der Waals surface area contributed by atoms with Gasteiger partial charge in [-0.05, 0) is 43.0 Å². The number of anilines is 1. The van der Waals surface area contributed by atoms with Crippen LogP contribution in [0.3, 0.4) is 0 Å². The summed E-state index contributed by atoms with van der Waals surface area (Å²) in [4.78, 5) is 11.8. The predicted octanol–water partition coefficient (Wildman–Crippen LogP) is 4.14. The van der Waals surface area contributed by atoms with Gasteiger partial charge in [-0.25, -0.2) is 0 Å². The third kappa shape index (κ3) is 4.93. The summed E-state index contributed by atoms with van der Waals surface area (Å²) in [5, 5.41) is 2.95. The van der Waals surface area contributed by atoms with Crippen molar-refractivity contribution in [2.45, 2.75) is 39.0 Å². The van der Waals surface area contributed by atoms with Crippen LogP contribution < -0.4 is 5.32 Å². The quantitative estimate of drug-likeness (QED) is 0.621. The first-order chi connectivity index (χ1) is 8.67. The van der Waals surface area contributed by atoms with Gasteiger partial charge >= 0.3 is 0 Å². The second-order valence-corrected chi connectivity index (χ2v) is 5.03. The minimum Gasteiger partial charge on any atom is -0.326 e. The van der Waals surface area contributed by atoms with Gasteiger partial charge in [-0.15, -0.1) is 12.3 Å². The lowest BCUT2D eigenvalue weighted by Gasteiger charge is -2.10. The zero-order valence-electron chi connectivity index (χ0n) is 10.6. The molecule has 0 radical (unpaired) electrons. The summed E-state index contributed by atoms with van der Waals surface area (Å²) < 4.78 is 1.03. The van der Waals surface area contributed by atoms with Crippen LogP contribution in [0.1, 0.15) is 38.2 Å². The molecule has 0 aliphatic heterocycles. The molecule has 3 heteroatoms. The van der Waals surface area contributed by atoms with E-state index >= 15 is 0 Å². The third-order valence-electron chi connectivity index (χ3n) is 2.70. The molecule has 1 N–H and O–H groups in total. The summed E-state index contributed by atoms with van der Waals surface area (Å²) in [6.45, 7) is 2.07. The summed E-state index contributed by atoms with van der Waals surface area (Å²) >= 11 is 3.43. The molecule has 0 saturated carbocycles. The Kier molecular flexibility index (Phi) is 6.53. The van der Waals surface area contributed by atoms with Crippen LogP contribution in [-0.2, 0) is 11.2 Å². The highest BCUT2D eigenvalue weighted by atomic mass is 79.9. The van der Waals surface area contributed by atoms with Gasteiger partial charge in [0.2, 0.25) is 5.91 Å². The molecule has 0 bridgehead atoms. The van der Waals surface area contributed by atoms with Gasteiger partial charge in [0.25, 0.3) is 0 Å². The highest BCUT2D eigenvalue weighted by Gasteiger charge is 2.06. The fourth-order valence-electron chi connectivity index (χ4n) is 1.70. The van der Waals surface area contributed by atoms with E-state index < -0.39 is 0 Å². The number of terminal acetylenes is 1. The smallest absolute Gasteiger partial charge is 0.224 e. The minimum atomic E-state index is 0.0593. The average molecular weight is 308 g/mol. The van der Waals surface area contributed by atoms with Gasteiger partial charge in [-0.2, -0.15) is 0 Å². The Morgan fingerprint density at radius 2 is 2.22 bits per heavy atom. The highest BCUT2D eigenvalue weighted by molar-refractivity contribution is 9.10. The zero-order chi connectivity index (χ0) is 13.4. The van der Waals surface area contributed by atoms with E-state index in [0.29, 0.717) is 6.42 Å². The van der Waals surface area contributed by atoms with E-state index in [1.807, 2.05) is 18.2 Å². The molecule has 0 aliphatic rings. The van der Waals surface area contributed by atoms with Gasteiger partial charge in [0.15, 0.2) is 0 Å². The number of aryl methyl sites for hydroxylation is 1. The van der Waals surface area contributed by atoms with Crippen molar-refractivity contribution in [3.05, 3.63) is 28.2 Å². The van der Waals surface area contributed by atoms with Crippen LogP contribution in [0, 0.1) is 12.3 Å². The number of rotatable bonds is 6. The number of amides is 1. The van der Waals surface area contributed by atoms with Crippen LogP contribution in [-0.4, -0.2) is 5.91 Å². The largest absolute Gasteiger partial charge is 0.326 e. The number of unbranched alkanes of at least 4 members (excludes halogenated alkanes) is 2. The number of nitrogens with one attached hydrogen (secondary N) is 1. The van der Waals surface area contributed by atoms with E-state index in [0.717, 1.165) is 41.4 Å². The molecule has 0 aliphatic carbocycles. The maximum Gasteiger partial charge on any atom is 0.224 e. The first kappa shape index (κ1) is 14.8. The third-order valence-corrected chi connectivity index (χ3v) is 3.19. The topological polar surface area (TPSA) is 29.1 Å². The molecule has 0 saturated heterocycles. The molecule has 0 heterocycles. The summed E-state index contributed by atoms with van der Waals surface area (Å²) in [5.41, 5.74) is 2.05. The van der Waals surface area contributed by atoms with E-state index in [4.69, 9.17) is 6.42 Å². The maximum absolute atomic E-state index is 11.8. The van der Waals surface area contributed by atoms with Crippen LogP contribution in [0.2, 0.25) is 0 Å². The minimum absolute atomic E-state index is 0.0593. The highest BCUT2D eigenvalue weighted by Crippen LogP contribution is 2.21. The zero-order valence-corrected chi connectivity index (χ0v) is 12.2. The van der Waals surface area contributed by atoms with Gasteiger partial charge in [0.05, 0.1) is 0 Å². The molecule has 0 atom stereocenters. The molecular weight excluding hydrogens is 290 g/mol. The van der Waals surface area contributed by atoms with E-state index in [2.05, 4.69) is 34.1 Å². The second kappa shape index (κ2) is 7.94. The lowest BCUT2D eigenvalue weighted by Crippen LogP contribution is -2.12. The summed E-state index contributed by atoms with van der Waals surface area (Å²) in [7, 11) is 0. The van der Waals surface area contributed by atoms with Crippen LogP contribution in [0.4, 0.5) is 5.69 Å². The lowest BCUT2D eigenvalue weighted by atomic mass is 10.1. The normalized spacial score (nSPS) is 9.83. The lowest BCUT2D eigenvalue weighted by molar-refractivity contribution is -0.116. The van der Waals surface area contributed by atoms with Crippen LogP contribution in [0.25, 0.3) is 0 Å². The number of carbonyl (C=O) groups is 1. The van der Waals surface area contributed by atoms with E-state index in [-0.39, 0.29) is 5.91 Å². The molecule has 0 unspecified atom stereocenters. The number of carbonyl (C=O) groups excluding carboxylic acids is 1. The Labute approximate surface area is 117 Å².